The van der Waals surface area contributed by atoms with E-state index in [-0.39, 0.29) is 11.9 Å². The Hall–Kier alpha value is -2.34. The van der Waals surface area contributed by atoms with E-state index < -0.39 is 0 Å². The molecular weight excluding hydrogens is 298 g/mol. The first-order valence-corrected chi connectivity index (χ1v) is 7.92. The van der Waals surface area contributed by atoms with Crippen LogP contribution >= 0.6 is 11.3 Å². The molecule has 0 aliphatic heterocycles. The highest BCUT2D eigenvalue weighted by Gasteiger charge is 2.01. The largest absolute Gasteiger partial charge is 0.338 e. The lowest BCUT2D eigenvalue weighted by Gasteiger charge is -2.07. The summed E-state index contributed by atoms with van der Waals surface area (Å²) in [5.74, 6) is -0.0863. The third-order valence-corrected chi connectivity index (χ3v) is 3.85. The zero-order valence-electron chi connectivity index (χ0n) is 12.4. The molecule has 2 rings (SSSR count). The maximum absolute atomic E-state index is 11.6. The van der Waals surface area contributed by atoms with Gasteiger partial charge in [-0.25, -0.2) is 4.79 Å². The van der Waals surface area contributed by atoms with Gasteiger partial charge in [0, 0.05) is 24.0 Å². The Morgan fingerprint density at radius 2 is 1.86 bits per heavy atom. The smallest absolute Gasteiger partial charge is 0.315 e. The second kappa shape index (κ2) is 8.19. The summed E-state index contributed by atoms with van der Waals surface area (Å²) in [4.78, 5) is 23.7. The van der Waals surface area contributed by atoms with Crippen LogP contribution in [-0.4, -0.2) is 18.5 Å². The monoisotopic (exact) mass is 317 g/mol. The summed E-state index contributed by atoms with van der Waals surface area (Å²) in [6, 6.07) is 11.4. The Morgan fingerprint density at radius 3 is 2.50 bits per heavy atom. The molecule has 22 heavy (non-hydrogen) atoms. The van der Waals surface area contributed by atoms with E-state index in [9.17, 15) is 9.59 Å². The molecule has 0 fully saturated rings. The second-order valence-corrected chi connectivity index (χ2v) is 5.85. The quantitative estimate of drug-likeness (QED) is 0.766. The minimum absolute atomic E-state index is 0.0863. The van der Waals surface area contributed by atoms with Crippen molar-refractivity contribution in [1.82, 2.24) is 10.6 Å². The van der Waals surface area contributed by atoms with Crippen LogP contribution in [0.4, 0.5) is 10.5 Å². The highest BCUT2D eigenvalue weighted by molar-refractivity contribution is 7.09. The second-order valence-electron chi connectivity index (χ2n) is 4.82. The molecule has 0 aliphatic rings. The van der Waals surface area contributed by atoms with Gasteiger partial charge in [-0.15, -0.1) is 11.3 Å². The van der Waals surface area contributed by atoms with E-state index in [1.54, 1.807) is 11.3 Å². The summed E-state index contributed by atoms with van der Waals surface area (Å²) < 4.78 is 0. The molecule has 1 heterocycles. The van der Waals surface area contributed by atoms with Gasteiger partial charge in [-0.3, -0.25) is 4.79 Å². The molecule has 0 aliphatic carbocycles. The number of carbonyl (C=O) groups excluding carboxylic acids is 2. The topological polar surface area (TPSA) is 70.2 Å². The number of carbonyl (C=O) groups is 2. The highest BCUT2D eigenvalue weighted by Crippen LogP contribution is 2.10. The van der Waals surface area contributed by atoms with E-state index in [1.807, 2.05) is 41.8 Å². The maximum atomic E-state index is 11.6. The first kappa shape index (κ1) is 16.0. The molecule has 0 saturated carbocycles. The molecule has 0 unspecified atom stereocenters. The van der Waals surface area contributed by atoms with E-state index in [1.165, 1.54) is 6.92 Å². The van der Waals surface area contributed by atoms with Gasteiger partial charge in [-0.1, -0.05) is 18.2 Å². The molecule has 2 aromatic rings. The Labute approximate surface area is 133 Å². The fraction of sp³-hybridized carbons (Fsp3) is 0.250. The molecule has 6 heteroatoms. The Kier molecular flexibility index (Phi) is 5.97. The molecule has 1 aromatic carbocycles. The van der Waals surface area contributed by atoms with Crippen LogP contribution in [0.15, 0.2) is 41.8 Å². The lowest BCUT2D eigenvalue weighted by Crippen LogP contribution is -2.36. The zero-order chi connectivity index (χ0) is 15.8. The third-order valence-electron chi connectivity index (χ3n) is 2.98. The predicted octanol–water partition coefficient (Wildman–Crippen LogP) is 2.75. The Morgan fingerprint density at radius 1 is 1.09 bits per heavy atom. The number of thiophene rings is 1. The van der Waals surface area contributed by atoms with Gasteiger partial charge in [-0.2, -0.15) is 0 Å². The van der Waals surface area contributed by atoms with Gasteiger partial charge < -0.3 is 16.0 Å². The fourth-order valence-corrected chi connectivity index (χ4v) is 2.57. The first-order valence-electron chi connectivity index (χ1n) is 7.04. The van der Waals surface area contributed by atoms with Crippen LogP contribution in [0.1, 0.15) is 17.4 Å². The number of benzene rings is 1. The van der Waals surface area contributed by atoms with Crippen LogP contribution < -0.4 is 16.0 Å². The summed E-state index contributed by atoms with van der Waals surface area (Å²) in [7, 11) is 0. The van der Waals surface area contributed by atoms with Gasteiger partial charge in [0.05, 0.1) is 6.54 Å². The molecular formula is C16H19N3O2S. The average Bonchev–Trinajstić information content (AvgIpc) is 3.00. The summed E-state index contributed by atoms with van der Waals surface area (Å²) in [5.41, 5.74) is 1.88. The zero-order valence-corrected chi connectivity index (χ0v) is 13.2. The molecule has 0 saturated heterocycles. The van der Waals surface area contributed by atoms with Crippen molar-refractivity contribution in [2.24, 2.45) is 0 Å². The number of rotatable bonds is 6. The van der Waals surface area contributed by atoms with Crippen molar-refractivity contribution in [1.29, 1.82) is 0 Å². The van der Waals surface area contributed by atoms with Crippen LogP contribution in [0.5, 0.6) is 0 Å². The highest BCUT2D eigenvalue weighted by atomic mass is 32.1. The van der Waals surface area contributed by atoms with Gasteiger partial charge in [-0.05, 0) is 35.6 Å². The number of nitrogens with one attached hydrogen (secondary N) is 3. The van der Waals surface area contributed by atoms with E-state index in [0.717, 1.165) is 22.5 Å². The van der Waals surface area contributed by atoms with Crippen molar-refractivity contribution >= 4 is 29.0 Å². The number of anilines is 1. The normalized spacial score (nSPS) is 10.0. The summed E-state index contributed by atoms with van der Waals surface area (Å²) in [6.07, 6.45) is 0.743. The molecule has 116 valence electrons. The predicted molar refractivity (Wildman–Crippen MR) is 89.0 cm³/mol. The van der Waals surface area contributed by atoms with Gasteiger partial charge in [0.25, 0.3) is 0 Å². The fourth-order valence-electron chi connectivity index (χ4n) is 1.92. The minimum Gasteiger partial charge on any atom is -0.338 e. The molecule has 0 atom stereocenters. The number of amides is 3. The molecule has 0 spiro atoms. The van der Waals surface area contributed by atoms with Gasteiger partial charge in [0.1, 0.15) is 0 Å². The standard InChI is InChI=1S/C16H19N3O2S/c1-12(20)19-14-6-4-13(5-7-14)8-9-17-16(21)18-11-15-3-2-10-22-15/h2-7,10H,8-9,11H2,1H3,(H,19,20)(H2,17,18,21). The Balaban J connectivity index is 1.67. The lowest BCUT2D eigenvalue weighted by molar-refractivity contribution is -0.114. The molecule has 5 nitrogen and oxygen atoms in total. The van der Waals surface area contributed by atoms with Gasteiger partial charge in [0.15, 0.2) is 0 Å². The van der Waals surface area contributed by atoms with Crippen molar-refractivity contribution in [2.75, 3.05) is 11.9 Å². The van der Waals surface area contributed by atoms with E-state index >= 15 is 0 Å². The number of hydrogen-bond donors (Lipinski definition) is 3. The van der Waals surface area contributed by atoms with Crippen molar-refractivity contribution in [2.45, 2.75) is 19.9 Å². The van der Waals surface area contributed by atoms with Crippen molar-refractivity contribution in [3.8, 4) is 0 Å². The minimum atomic E-state index is -0.164. The SMILES string of the molecule is CC(=O)Nc1ccc(CCNC(=O)NCc2cccs2)cc1. The summed E-state index contributed by atoms with van der Waals surface area (Å²) >= 11 is 1.62. The van der Waals surface area contributed by atoms with Crippen molar-refractivity contribution in [3.05, 3.63) is 52.2 Å². The maximum Gasteiger partial charge on any atom is 0.315 e. The lowest BCUT2D eigenvalue weighted by atomic mass is 10.1. The van der Waals surface area contributed by atoms with E-state index in [4.69, 9.17) is 0 Å². The van der Waals surface area contributed by atoms with Crippen LogP contribution in [0.3, 0.4) is 0 Å². The number of urea groups is 1. The van der Waals surface area contributed by atoms with Gasteiger partial charge >= 0.3 is 6.03 Å². The molecule has 0 bridgehead atoms. The van der Waals surface area contributed by atoms with Crippen LogP contribution in [0.25, 0.3) is 0 Å². The van der Waals surface area contributed by atoms with Crippen LogP contribution in [0, 0.1) is 0 Å². The van der Waals surface area contributed by atoms with Crippen LogP contribution in [-0.2, 0) is 17.8 Å². The molecule has 3 amide bonds. The summed E-state index contributed by atoms with van der Waals surface area (Å²) in [6.45, 7) is 2.59. The van der Waals surface area contributed by atoms with Crippen LogP contribution in [0.2, 0.25) is 0 Å². The van der Waals surface area contributed by atoms with Crippen molar-refractivity contribution < 1.29 is 9.59 Å². The molecule has 3 N–H and O–H groups in total. The number of hydrogen-bond acceptors (Lipinski definition) is 3. The van der Waals surface area contributed by atoms with Crippen molar-refractivity contribution in [3.63, 3.8) is 0 Å². The van der Waals surface area contributed by atoms with E-state index in [0.29, 0.717) is 13.1 Å². The third kappa shape index (κ3) is 5.57. The molecule has 1 aromatic heterocycles. The Bertz CT molecular complexity index is 609. The van der Waals surface area contributed by atoms with E-state index in [2.05, 4.69) is 16.0 Å². The van der Waals surface area contributed by atoms with Gasteiger partial charge in [0.2, 0.25) is 5.91 Å². The first-order chi connectivity index (χ1) is 10.6. The summed E-state index contributed by atoms with van der Waals surface area (Å²) in [5, 5.41) is 10.3. The molecule has 0 radical (unpaired) electrons. The average molecular weight is 317 g/mol.